The van der Waals surface area contributed by atoms with Gasteiger partial charge in [0, 0.05) is 18.7 Å². The molecule has 0 fully saturated rings. The van der Waals surface area contributed by atoms with E-state index in [0.29, 0.717) is 18.8 Å². The molecule has 3 rings (SSSR count). The lowest BCUT2D eigenvalue weighted by Gasteiger charge is -2.13. The van der Waals surface area contributed by atoms with Crippen LogP contribution in [-0.4, -0.2) is 18.8 Å². The van der Waals surface area contributed by atoms with Gasteiger partial charge in [-0.25, -0.2) is 0 Å². The highest BCUT2D eigenvalue weighted by Crippen LogP contribution is 2.27. The zero-order chi connectivity index (χ0) is 16.8. The Bertz CT molecular complexity index is 754. The molecular formula is C20H21NO3. The van der Waals surface area contributed by atoms with E-state index < -0.39 is 6.10 Å². The highest BCUT2D eigenvalue weighted by atomic mass is 16.5. The first-order chi connectivity index (χ1) is 11.8. The van der Waals surface area contributed by atoms with Crippen LogP contribution in [0.4, 0.5) is 0 Å². The van der Waals surface area contributed by atoms with Crippen molar-refractivity contribution in [3.63, 3.8) is 0 Å². The molecule has 0 saturated heterocycles. The van der Waals surface area contributed by atoms with Crippen LogP contribution in [0.25, 0.3) is 11.1 Å². The molecule has 1 unspecified atom stereocenters. The van der Waals surface area contributed by atoms with Crippen LogP contribution >= 0.6 is 0 Å². The van der Waals surface area contributed by atoms with Crippen LogP contribution in [0.2, 0.25) is 0 Å². The maximum Gasteiger partial charge on any atom is 0.133 e. The third kappa shape index (κ3) is 3.85. The van der Waals surface area contributed by atoms with E-state index >= 15 is 0 Å². The van der Waals surface area contributed by atoms with Gasteiger partial charge in [0.25, 0.3) is 0 Å². The predicted octanol–water partition coefficient (Wildman–Crippen LogP) is 3.78. The van der Waals surface area contributed by atoms with Crippen LogP contribution in [0.1, 0.15) is 17.4 Å². The molecule has 0 spiro atoms. The minimum Gasteiger partial charge on any atom is -0.496 e. The van der Waals surface area contributed by atoms with Crippen molar-refractivity contribution < 1.29 is 14.3 Å². The normalized spacial score (nSPS) is 12.1. The number of rotatable bonds is 7. The van der Waals surface area contributed by atoms with Gasteiger partial charge >= 0.3 is 0 Å². The molecule has 0 saturated carbocycles. The fourth-order valence-electron chi connectivity index (χ4n) is 2.63. The molecule has 2 aromatic carbocycles. The molecule has 0 radical (unpaired) electrons. The molecule has 2 N–H and O–H groups in total. The van der Waals surface area contributed by atoms with Gasteiger partial charge in [-0.3, -0.25) is 0 Å². The highest BCUT2D eigenvalue weighted by molar-refractivity contribution is 5.66. The Kier molecular flexibility index (Phi) is 5.31. The summed E-state index contributed by atoms with van der Waals surface area (Å²) in [5.41, 5.74) is 3.32. The monoisotopic (exact) mass is 323 g/mol. The van der Waals surface area contributed by atoms with Crippen molar-refractivity contribution in [2.24, 2.45) is 0 Å². The second-order valence-corrected chi connectivity index (χ2v) is 5.55. The maximum absolute atomic E-state index is 10.0. The second kappa shape index (κ2) is 7.81. The molecule has 0 bridgehead atoms. The van der Waals surface area contributed by atoms with E-state index in [1.807, 2.05) is 30.3 Å². The van der Waals surface area contributed by atoms with Gasteiger partial charge in [-0.05, 0) is 29.3 Å². The van der Waals surface area contributed by atoms with Gasteiger partial charge in [-0.2, -0.15) is 0 Å². The fraction of sp³-hybridized carbons (Fsp3) is 0.200. The number of hydrogen-bond donors (Lipinski definition) is 2. The molecule has 124 valence electrons. The first kappa shape index (κ1) is 16.3. The van der Waals surface area contributed by atoms with Crippen molar-refractivity contribution in [2.75, 3.05) is 13.7 Å². The average Bonchev–Trinajstić information content (AvgIpc) is 3.17. The molecule has 3 aromatic rings. The molecule has 1 heterocycles. The number of hydrogen-bond acceptors (Lipinski definition) is 4. The zero-order valence-corrected chi connectivity index (χ0v) is 13.6. The summed E-state index contributed by atoms with van der Waals surface area (Å²) in [6.45, 7) is 1.02. The van der Waals surface area contributed by atoms with E-state index in [4.69, 9.17) is 9.15 Å². The van der Waals surface area contributed by atoms with Crippen LogP contribution < -0.4 is 10.1 Å². The van der Waals surface area contributed by atoms with E-state index in [2.05, 4.69) is 23.5 Å². The van der Waals surface area contributed by atoms with Gasteiger partial charge in [0.2, 0.25) is 0 Å². The minimum atomic E-state index is -0.658. The Morgan fingerprint density at radius 2 is 1.88 bits per heavy atom. The molecule has 0 aliphatic carbocycles. The van der Waals surface area contributed by atoms with Gasteiger partial charge in [-0.1, -0.05) is 42.5 Å². The van der Waals surface area contributed by atoms with E-state index in [0.717, 1.165) is 22.4 Å². The fourth-order valence-corrected chi connectivity index (χ4v) is 2.63. The average molecular weight is 323 g/mol. The first-order valence-electron chi connectivity index (χ1n) is 7.92. The molecule has 0 aliphatic rings. The summed E-state index contributed by atoms with van der Waals surface area (Å²) in [6.07, 6.45) is 0.902. The van der Waals surface area contributed by atoms with Crippen molar-refractivity contribution in [1.29, 1.82) is 0 Å². The van der Waals surface area contributed by atoms with Gasteiger partial charge in [0.05, 0.1) is 13.4 Å². The number of aliphatic hydroxyl groups excluding tert-OH is 1. The molecule has 4 nitrogen and oxygen atoms in total. The lowest BCUT2D eigenvalue weighted by Crippen LogP contribution is -2.21. The van der Waals surface area contributed by atoms with E-state index in [9.17, 15) is 5.11 Å². The molecular weight excluding hydrogens is 302 g/mol. The van der Waals surface area contributed by atoms with Gasteiger partial charge in [-0.15, -0.1) is 0 Å². The van der Waals surface area contributed by atoms with Crippen LogP contribution in [0.15, 0.2) is 71.3 Å². The number of furan rings is 1. The maximum atomic E-state index is 10.0. The Morgan fingerprint density at radius 3 is 2.58 bits per heavy atom. The topological polar surface area (TPSA) is 54.6 Å². The third-order valence-corrected chi connectivity index (χ3v) is 3.92. The molecule has 0 aliphatic heterocycles. The van der Waals surface area contributed by atoms with E-state index in [1.54, 1.807) is 25.5 Å². The third-order valence-electron chi connectivity index (χ3n) is 3.92. The second-order valence-electron chi connectivity index (χ2n) is 5.55. The number of benzene rings is 2. The van der Waals surface area contributed by atoms with Gasteiger partial charge in [0.15, 0.2) is 0 Å². The van der Waals surface area contributed by atoms with Gasteiger partial charge in [0.1, 0.15) is 17.6 Å². The van der Waals surface area contributed by atoms with Crippen LogP contribution in [-0.2, 0) is 6.54 Å². The molecule has 0 amide bonds. The summed E-state index contributed by atoms with van der Waals surface area (Å²) < 4.78 is 10.7. The van der Waals surface area contributed by atoms with Crippen LogP contribution in [0, 0.1) is 0 Å². The summed E-state index contributed by atoms with van der Waals surface area (Å²) >= 11 is 0. The van der Waals surface area contributed by atoms with Crippen molar-refractivity contribution >= 4 is 0 Å². The number of aliphatic hydroxyl groups is 1. The SMILES string of the molecule is COc1cc(-c2ccccc2)ccc1CNCC(O)c1ccco1. The quantitative estimate of drug-likeness (QED) is 0.695. The summed E-state index contributed by atoms with van der Waals surface area (Å²) in [7, 11) is 1.67. The molecule has 1 aromatic heterocycles. The summed E-state index contributed by atoms with van der Waals surface area (Å²) in [5.74, 6) is 1.39. The standard InChI is InChI=1S/C20H21NO3/c1-23-20-12-16(15-6-3-2-4-7-15)9-10-17(20)13-21-14-18(22)19-8-5-11-24-19/h2-12,18,21-22H,13-14H2,1H3. The number of nitrogens with one attached hydrogen (secondary N) is 1. The van der Waals surface area contributed by atoms with Crippen molar-refractivity contribution in [3.8, 4) is 16.9 Å². The Balaban J connectivity index is 1.65. The minimum absolute atomic E-state index is 0.414. The van der Waals surface area contributed by atoms with Crippen LogP contribution in [0.3, 0.4) is 0 Å². The molecule has 4 heteroatoms. The van der Waals surface area contributed by atoms with Crippen molar-refractivity contribution in [3.05, 3.63) is 78.3 Å². The largest absolute Gasteiger partial charge is 0.496 e. The first-order valence-corrected chi connectivity index (χ1v) is 7.92. The zero-order valence-electron chi connectivity index (χ0n) is 13.6. The summed E-state index contributed by atoms with van der Waals surface area (Å²) in [4.78, 5) is 0. The molecule has 24 heavy (non-hydrogen) atoms. The van der Waals surface area contributed by atoms with E-state index in [1.165, 1.54) is 0 Å². The van der Waals surface area contributed by atoms with Crippen LogP contribution in [0.5, 0.6) is 5.75 Å². The van der Waals surface area contributed by atoms with Gasteiger partial charge < -0.3 is 19.6 Å². The van der Waals surface area contributed by atoms with E-state index in [-0.39, 0.29) is 0 Å². The van der Waals surface area contributed by atoms with Crippen molar-refractivity contribution in [1.82, 2.24) is 5.32 Å². The van der Waals surface area contributed by atoms with Crippen molar-refractivity contribution in [2.45, 2.75) is 12.6 Å². The lowest BCUT2D eigenvalue weighted by atomic mass is 10.0. The lowest BCUT2D eigenvalue weighted by molar-refractivity contribution is 0.147. The predicted molar refractivity (Wildman–Crippen MR) is 93.8 cm³/mol. The summed E-state index contributed by atoms with van der Waals surface area (Å²) in [6, 6.07) is 19.9. The number of ether oxygens (including phenoxy) is 1. The number of methoxy groups -OCH3 is 1. The highest BCUT2D eigenvalue weighted by Gasteiger charge is 2.11. The smallest absolute Gasteiger partial charge is 0.133 e. The molecule has 1 atom stereocenters. The Hall–Kier alpha value is -2.56. The Morgan fingerprint density at radius 1 is 1.04 bits per heavy atom. The summed E-state index contributed by atoms with van der Waals surface area (Å²) in [5, 5.41) is 13.3. The Labute approximate surface area is 141 Å².